The van der Waals surface area contributed by atoms with Gasteiger partial charge in [-0.05, 0) is 43.9 Å². The highest BCUT2D eigenvalue weighted by Gasteiger charge is 2.31. The second kappa shape index (κ2) is 5.75. The van der Waals surface area contributed by atoms with Gasteiger partial charge >= 0.3 is 0 Å². The molecule has 21 heavy (non-hydrogen) atoms. The van der Waals surface area contributed by atoms with E-state index in [1.165, 1.54) is 44.3 Å². The molecule has 1 aromatic heterocycles. The molecule has 4 rings (SSSR count). The summed E-state index contributed by atoms with van der Waals surface area (Å²) in [7, 11) is 0. The Labute approximate surface area is 131 Å². The maximum atomic E-state index is 6.30. The largest absolute Gasteiger partial charge is 0.354 e. The SMILES string of the molecule is Clc1cnc(N2CCN3CCCC3C2)cc1CNC1CC1. The second-order valence-corrected chi connectivity index (χ2v) is 6.97. The Kier molecular flexibility index (Phi) is 3.78. The van der Waals surface area contributed by atoms with Crippen molar-refractivity contribution in [1.82, 2.24) is 15.2 Å². The molecule has 0 amide bonds. The first kappa shape index (κ1) is 13.8. The summed E-state index contributed by atoms with van der Waals surface area (Å²) in [6.07, 6.45) is 7.11. The van der Waals surface area contributed by atoms with Crippen molar-refractivity contribution in [3.8, 4) is 0 Å². The topological polar surface area (TPSA) is 31.4 Å². The molecular weight excluding hydrogens is 284 g/mol. The third-order valence-corrected chi connectivity index (χ3v) is 5.33. The van der Waals surface area contributed by atoms with E-state index in [1.54, 1.807) is 0 Å². The minimum atomic E-state index is 0.708. The molecule has 0 spiro atoms. The fourth-order valence-electron chi connectivity index (χ4n) is 3.52. The molecule has 2 aliphatic heterocycles. The number of hydrogen-bond acceptors (Lipinski definition) is 4. The Balaban J connectivity index is 1.47. The standard InChI is InChI=1S/C16H23ClN4/c17-15-10-19-16(8-12(15)9-18-13-3-4-13)21-7-6-20-5-1-2-14(20)11-21/h8,10,13-14,18H,1-7,9,11H2. The highest BCUT2D eigenvalue weighted by Crippen LogP contribution is 2.27. The van der Waals surface area contributed by atoms with Gasteiger partial charge in [0.15, 0.2) is 0 Å². The van der Waals surface area contributed by atoms with Crippen LogP contribution in [-0.4, -0.2) is 48.1 Å². The van der Waals surface area contributed by atoms with Crippen LogP contribution in [0.15, 0.2) is 12.3 Å². The highest BCUT2D eigenvalue weighted by atomic mass is 35.5. The summed E-state index contributed by atoms with van der Waals surface area (Å²) in [6.45, 7) is 5.51. The summed E-state index contributed by atoms with van der Waals surface area (Å²) in [4.78, 5) is 9.63. The van der Waals surface area contributed by atoms with Gasteiger partial charge in [0.25, 0.3) is 0 Å². The maximum absolute atomic E-state index is 6.30. The lowest BCUT2D eigenvalue weighted by Gasteiger charge is -2.38. The van der Waals surface area contributed by atoms with Gasteiger partial charge in [-0.3, -0.25) is 4.90 Å². The molecule has 1 atom stereocenters. The minimum absolute atomic E-state index is 0.708. The number of piperazine rings is 1. The van der Waals surface area contributed by atoms with Gasteiger partial charge in [-0.1, -0.05) is 11.6 Å². The lowest BCUT2D eigenvalue weighted by Crippen LogP contribution is -2.50. The first-order chi connectivity index (χ1) is 10.3. The predicted molar refractivity (Wildman–Crippen MR) is 85.9 cm³/mol. The molecule has 3 aliphatic rings. The van der Waals surface area contributed by atoms with Crippen LogP contribution in [0.4, 0.5) is 5.82 Å². The summed E-state index contributed by atoms with van der Waals surface area (Å²) in [5.41, 5.74) is 1.18. The molecule has 3 fully saturated rings. The molecule has 1 unspecified atom stereocenters. The number of fused-ring (bicyclic) bond motifs is 1. The lowest BCUT2D eigenvalue weighted by atomic mass is 10.1. The van der Waals surface area contributed by atoms with Crippen LogP contribution in [0.3, 0.4) is 0 Å². The number of rotatable bonds is 4. The average molecular weight is 307 g/mol. The number of anilines is 1. The number of nitrogens with one attached hydrogen (secondary N) is 1. The monoisotopic (exact) mass is 306 g/mol. The number of nitrogens with zero attached hydrogens (tertiary/aromatic N) is 3. The van der Waals surface area contributed by atoms with Crippen molar-refractivity contribution >= 4 is 17.4 Å². The fraction of sp³-hybridized carbons (Fsp3) is 0.688. The Bertz CT molecular complexity index is 517. The predicted octanol–water partition coefficient (Wildman–Crippen LogP) is 2.27. The number of halogens is 1. The van der Waals surface area contributed by atoms with Crippen molar-refractivity contribution in [3.05, 3.63) is 22.8 Å². The first-order valence-electron chi connectivity index (χ1n) is 8.16. The smallest absolute Gasteiger partial charge is 0.129 e. The Morgan fingerprint density at radius 2 is 2.14 bits per heavy atom. The van der Waals surface area contributed by atoms with Gasteiger partial charge < -0.3 is 10.2 Å². The van der Waals surface area contributed by atoms with Gasteiger partial charge in [-0.15, -0.1) is 0 Å². The van der Waals surface area contributed by atoms with Gasteiger partial charge in [0.2, 0.25) is 0 Å². The first-order valence-corrected chi connectivity index (χ1v) is 8.54. The zero-order chi connectivity index (χ0) is 14.2. The zero-order valence-corrected chi connectivity index (χ0v) is 13.1. The van der Waals surface area contributed by atoms with Crippen molar-refractivity contribution in [2.24, 2.45) is 0 Å². The number of aromatic nitrogens is 1. The van der Waals surface area contributed by atoms with E-state index in [9.17, 15) is 0 Å². The lowest BCUT2D eigenvalue weighted by molar-refractivity contribution is 0.230. The molecule has 0 radical (unpaired) electrons. The molecule has 4 nitrogen and oxygen atoms in total. The molecule has 0 aromatic carbocycles. The van der Waals surface area contributed by atoms with Gasteiger partial charge in [-0.25, -0.2) is 4.98 Å². The molecule has 114 valence electrons. The zero-order valence-electron chi connectivity index (χ0n) is 12.4. The van der Waals surface area contributed by atoms with Gasteiger partial charge in [-0.2, -0.15) is 0 Å². The maximum Gasteiger partial charge on any atom is 0.129 e. The summed E-state index contributed by atoms with van der Waals surface area (Å²) in [5.74, 6) is 1.10. The van der Waals surface area contributed by atoms with Crippen LogP contribution in [0, 0.1) is 0 Å². The third kappa shape index (κ3) is 3.03. The van der Waals surface area contributed by atoms with E-state index in [2.05, 4.69) is 26.2 Å². The molecule has 0 bridgehead atoms. The quantitative estimate of drug-likeness (QED) is 0.925. The van der Waals surface area contributed by atoms with E-state index in [1.807, 2.05) is 6.20 Å². The van der Waals surface area contributed by atoms with Crippen LogP contribution in [0.25, 0.3) is 0 Å². The number of hydrogen-bond donors (Lipinski definition) is 1. The Morgan fingerprint density at radius 3 is 3.00 bits per heavy atom. The number of pyridine rings is 1. The second-order valence-electron chi connectivity index (χ2n) is 6.57. The molecule has 1 N–H and O–H groups in total. The van der Waals surface area contributed by atoms with E-state index in [4.69, 9.17) is 11.6 Å². The average Bonchev–Trinajstić information content (AvgIpc) is 3.21. The van der Waals surface area contributed by atoms with Crippen molar-refractivity contribution in [2.45, 2.75) is 44.3 Å². The van der Waals surface area contributed by atoms with E-state index in [0.717, 1.165) is 36.5 Å². The molecule has 5 heteroatoms. The third-order valence-electron chi connectivity index (χ3n) is 4.99. The minimum Gasteiger partial charge on any atom is -0.354 e. The molecule has 1 aromatic rings. The van der Waals surface area contributed by atoms with Gasteiger partial charge in [0, 0.05) is 44.5 Å². The fourth-order valence-corrected chi connectivity index (χ4v) is 3.69. The molecule has 3 heterocycles. The molecule has 1 aliphatic carbocycles. The summed E-state index contributed by atoms with van der Waals surface area (Å²) in [6, 6.07) is 3.62. The van der Waals surface area contributed by atoms with Crippen LogP contribution in [-0.2, 0) is 6.54 Å². The van der Waals surface area contributed by atoms with Crippen molar-refractivity contribution in [2.75, 3.05) is 31.1 Å². The van der Waals surface area contributed by atoms with Gasteiger partial charge in [0.05, 0.1) is 5.02 Å². The van der Waals surface area contributed by atoms with E-state index in [-0.39, 0.29) is 0 Å². The van der Waals surface area contributed by atoms with Crippen LogP contribution in [0.5, 0.6) is 0 Å². The normalized spacial score (nSPS) is 26.1. The van der Waals surface area contributed by atoms with Gasteiger partial charge in [0.1, 0.15) is 5.82 Å². The Morgan fingerprint density at radius 1 is 1.24 bits per heavy atom. The molecule has 2 saturated heterocycles. The van der Waals surface area contributed by atoms with Crippen LogP contribution < -0.4 is 10.2 Å². The highest BCUT2D eigenvalue weighted by molar-refractivity contribution is 6.31. The van der Waals surface area contributed by atoms with Crippen molar-refractivity contribution < 1.29 is 0 Å². The summed E-state index contributed by atoms with van der Waals surface area (Å²) >= 11 is 6.30. The van der Waals surface area contributed by atoms with E-state index in [0.29, 0.717) is 6.04 Å². The van der Waals surface area contributed by atoms with Crippen LogP contribution in [0.2, 0.25) is 5.02 Å². The Hall–Kier alpha value is -0.840. The molecule has 1 saturated carbocycles. The molecular formula is C16H23ClN4. The summed E-state index contributed by atoms with van der Waals surface area (Å²) in [5, 5.41) is 4.33. The summed E-state index contributed by atoms with van der Waals surface area (Å²) < 4.78 is 0. The van der Waals surface area contributed by atoms with Crippen LogP contribution in [0.1, 0.15) is 31.2 Å². The van der Waals surface area contributed by atoms with Crippen molar-refractivity contribution in [1.29, 1.82) is 0 Å². The van der Waals surface area contributed by atoms with Crippen molar-refractivity contribution in [3.63, 3.8) is 0 Å². The van der Waals surface area contributed by atoms with E-state index >= 15 is 0 Å². The van der Waals surface area contributed by atoms with Crippen LogP contribution >= 0.6 is 11.6 Å². The van der Waals surface area contributed by atoms with E-state index < -0.39 is 0 Å².